The van der Waals surface area contributed by atoms with Crippen molar-refractivity contribution in [2.75, 3.05) is 69.1 Å². The number of amides is 5. The number of nitrogens with one attached hydrogen (secondary N) is 3. The van der Waals surface area contributed by atoms with Gasteiger partial charge >= 0.3 is 0 Å². The number of hydrogen-bond acceptors (Lipinski definition) is 9. The Hall–Kier alpha value is -3.77. The third-order valence-corrected chi connectivity index (χ3v) is 11.8. The van der Waals surface area contributed by atoms with E-state index in [1.165, 1.54) is 0 Å². The number of nitrogens with zero attached hydrogens (tertiary/aromatic N) is 4. The highest BCUT2D eigenvalue weighted by Crippen LogP contribution is 2.30. The molecule has 3 N–H and O–H groups in total. The van der Waals surface area contributed by atoms with Crippen LogP contribution >= 0.6 is 0 Å². The molecular formula is C45H77N7O7. The highest BCUT2D eigenvalue weighted by molar-refractivity contribution is 5.91. The first-order valence-electron chi connectivity index (χ1n) is 21.5. The summed E-state index contributed by atoms with van der Waals surface area (Å²) in [5.74, 6) is 3.89. The van der Waals surface area contributed by atoms with Gasteiger partial charge in [0.2, 0.25) is 29.5 Å². The zero-order chi connectivity index (χ0) is 44.6. The number of ether oxygens (including phenoxy) is 2. The van der Waals surface area contributed by atoms with E-state index in [1.807, 2.05) is 91.7 Å². The summed E-state index contributed by atoms with van der Waals surface area (Å²) >= 11 is 0. The van der Waals surface area contributed by atoms with Crippen LogP contribution in [-0.2, 0) is 33.4 Å². The van der Waals surface area contributed by atoms with Gasteiger partial charge < -0.3 is 40.1 Å². The molecule has 5 amide bonds. The number of rotatable bonds is 24. The van der Waals surface area contributed by atoms with Gasteiger partial charge in [-0.1, -0.05) is 78.9 Å². The Morgan fingerprint density at radius 3 is 2.15 bits per heavy atom. The van der Waals surface area contributed by atoms with E-state index >= 15 is 0 Å². The first-order chi connectivity index (χ1) is 27.8. The standard InChI is InChI=1S/C45H77N7O7/c1-15-31(6)40(51(12)45(57)38(29(2)3)48-44(56)39(30(4)5)50(10)11)36(58-13)28-37(53)52-25-20-23-35(52)41(59-14)32(7)42(54)47-34(43(55)46-24-26-49(8)9)27-33-21-18-16-17-19-22-33/h18,21-22,29-32,34-36,38-41H,15-16,20,23-28H2,1-14H3,(H,46,55)(H,47,54)(H,48,56)/t31-,32+,34-,35-,36+,38-,39-,40-,41+/m0/s1. The number of likely N-dealkylation sites (N-methyl/N-ethyl adjacent to an activating group) is 3. The molecule has 0 saturated carbocycles. The molecule has 9 atom stereocenters. The summed E-state index contributed by atoms with van der Waals surface area (Å²) in [6, 6.07) is -2.88. The summed E-state index contributed by atoms with van der Waals surface area (Å²) in [7, 11) is 12.4. The molecular weight excluding hydrogens is 751 g/mol. The number of hydrogen-bond donors (Lipinski definition) is 3. The Morgan fingerprint density at radius 2 is 1.59 bits per heavy atom. The molecule has 0 aromatic rings. The summed E-state index contributed by atoms with van der Waals surface area (Å²) in [6.07, 6.45) is 7.33. The van der Waals surface area contributed by atoms with Gasteiger partial charge in [0.05, 0.1) is 42.7 Å². The fourth-order valence-electron chi connectivity index (χ4n) is 8.33. The van der Waals surface area contributed by atoms with Gasteiger partial charge in [-0.2, -0.15) is 0 Å². The number of methoxy groups -OCH3 is 2. The molecule has 0 aromatic carbocycles. The Morgan fingerprint density at radius 1 is 0.915 bits per heavy atom. The molecule has 0 bridgehead atoms. The van der Waals surface area contributed by atoms with Crippen molar-refractivity contribution in [3.05, 3.63) is 23.8 Å². The average Bonchev–Trinajstić information content (AvgIpc) is 3.51. The van der Waals surface area contributed by atoms with E-state index in [0.29, 0.717) is 32.5 Å². The van der Waals surface area contributed by atoms with Gasteiger partial charge in [-0.15, -0.1) is 0 Å². The first kappa shape index (κ1) is 51.4. The quantitative estimate of drug-likeness (QED) is 0.125. The summed E-state index contributed by atoms with van der Waals surface area (Å²) in [4.78, 5) is 76.8. The molecule has 2 rings (SSSR count). The van der Waals surface area contributed by atoms with E-state index < -0.39 is 48.3 Å². The topological polar surface area (TPSA) is 153 Å². The predicted molar refractivity (Wildman–Crippen MR) is 233 cm³/mol. The lowest BCUT2D eigenvalue weighted by molar-refractivity contribution is -0.148. The molecule has 1 aliphatic carbocycles. The number of allylic oxidation sites excluding steroid dienone is 3. The van der Waals surface area contributed by atoms with Gasteiger partial charge in [-0.3, -0.25) is 28.9 Å². The van der Waals surface area contributed by atoms with Gasteiger partial charge in [0.15, 0.2) is 0 Å². The Labute approximate surface area is 355 Å². The average molecular weight is 828 g/mol. The van der Waals surface area contributed by atoms with Crippen molar-refractivity contribution in [1.29, 1.82) is 0 Å². The molecule has 59 heavy (non-hydrogen) atoms. The highest BCUT2D eigenvalue weighted by atomic mass is 16.5. The van der Waals surface area contributed by atoms with Crippen LogP contribution in [0.5, 0.6) is 0 Å². The fourth-order valence-corrected chi connectivity index (χ4v) is 8.33. The van der Waals surface area contributed by atoms with Gasteiger partial charge in [0.1, 0.15) is 12.1 Å². The molecule has 14 nitrogen and oxygen atoms in total. The van der Waals surface area contributed by atoms with E-state index in [-0.39, 0.29) is 60.1 Å². The third kappa shape index (κ3) is 15.0. The summed E-state index contributed by atoms with van der Waals surface area (Å²) < 4.78 is 12.1. The van der Waals surface area contributed by atoms with Crippen molar-refractivity contribution in [1.82, 2.24) is 35.6 Å². The van der Waals surface area contributed by atoms with Crippen LogP contribution in [-0.4, -0.2) is 161 Å². The summed E-state index contributed by atoms with van der Waals surface area (Å²) in [6.45, 7) is 15.2. The monoisotopic (exact) mass is 828 g/mol. The second-order valence-corrected chi connectivity index (χ2v) is 17.5. The normalized spacial score (nSPS) is 19.5. The van der Waals surface area contributed by atoms with Crippen molar-refractivity contribution in [2.45, 2.75) is 129 Å². The zero-order valence-electron chi connectivity index (χ0n) is 38.6. The SMILES string of the molecule is CC[C@H](C)[C@@H]([C@@H](CC(=O)N1CCC[C@H]1[C@H](OC)[C@@H](C)C(=O)N[C@@H](CC1=CC#CCC=C1)C(=O)NCCN(C)C)OC)N(C)C(=O)[C@@H](NC(=O)[C@H](C(C)C)N(C)C)C(C)C. The van der Waals surface area contributed by atoms with E-state index in [1.54, 1.807) is 44.1 Å². The van der Waals surface area contributed by atoms with Crippen LogP contribution < -0.4 is 16.0 Å². The number of likely N-dealkylation sites (tertiary alicyclic amines) is 1. The maximum atomic E-state index is 14.3. The molecule has 0 spiro atoms. The van der Waals surface area contributed by atoms with Gasteiger partial charge in [0, 0.05) is 53.7 Å². The van der Waals surface area contributed by atoms with Crippen LogP contribution in [0, 0.1) is 35.5 Å². The zero-order valence-corrected chi connectivity index (χ0v) is 38.6. The lowest BCUT2D eigenvalue weighted by Crippen LogP contribution is -2.59. The van der Waals surface area contributed by atoms with E-state index in [9.17, 15) is 24.0 Å². The maximum absolute atomic E-state index is 14.3. The Bertz CT molecular complexity index is 1510. The molecule has 2 aliphatic rings. The van der Waals surface area contributed by atoms with Crippen molar-refractivity contribution in [3.8, 4) is 11.8 Å². The lowest BCUT2D eigenvalue weighted by Gasteiger charge is -2.41. The van der Waals surface area contributed by atoms with Gasteiger partial charge in [0.25, 0.3) is 0 Å². The first-order valence-corrected chi connectivity index (χ1v) is 21.5. The van der Waals surface area contributed by atoms with Crippen molar-refractivity contribution < 1.29 is 33.4 Å². The van der Waals surface area contributed by atoms with Crippen LogP contribution in [0.3, 0.4) is 0 Å². The van der Waals surface area contributed by atoms with Gasteiger partial charge in [-0.25, -0.2) is 0 Å². The van der Waals surface area contributed by atoms with E-state index in [2.05, 4.69) is 27.8 Å². The minimum absolute atomic E-state index is 0.00606. The van der Waals surface area contributed by atoms with Crippen molar-refractivity contribution in [2.24, 2.45) is 23.7 Å². The fraction of sp³-hybridized carbons (Fsp3) is 0.756. The lowest BCUT2D eigenvalue weighted by atomic mass is 9.89. The second-order valence-electron chi connectivity index (χ2n) is 17.5. The highest BCUT2D eigenvalue weighted by Gasteiger charge is 2.43. The molecule has 1 fully saturated rings. The van der Waals surface area contributed by atoms with E-state index in [4.69, 9.17) is 9.47 Å². The van der Waals surface area contributed by atoms with Crippen LogP contribution in [0.1, 0.15) is 87.0 Å². The summed E-state index contributed by atoms with van der Waals surface area (Å²) in [5.41, 5.74) is 0.843. The van der Waals surface area contributed by atoms with Crippen LogP contribution in [0.25, 0.3) is 0 Å². The molecule has 0 radical (unpaired) electrons. The Kier molecular flexibility index (Phi) is 21.9. The molecule has 334 valence electrons. The number of carbonyl (C=O) groups is 5. The van der Waals surface area contributed by atoms with E-state index in [0.717, 1.165) is 18.4 Å². The second kappa shape index (κ2) is 25.1. The van der Waals surface area contributed by atoms with Gasteiger partial charge in [-0.05, 0) is 70.4 Å². The maximum Gasteiger partial charge on any atom is 0.245 e. The van der Waals surface area contributed by atoms with Crippen LogP contribution in [0.15, 0.2) is 23.8 Å². The molecule has 1 aliphatic heterocycles. The van der Waals surface area contributed by atoms with Crippen LogP contribution in [0.4, 0.5) is 0 Å². The van der Waals surface area contributed by atoms with Crippen molar-refractivity contribution >= 4 is 29.5 Å². The molecule has 14 heteroatoms. The Balaban J connectivity index is 2.31. The predicted octanol–water partition coefficient (Wildman–Crippen LogP) is 3.08. The smallest absolute Gasteiger partial charge is 0.245 e. The number of carbonyl (C=O) groups excluding carboxylic acids is 5. The summed E-state index contributed by atoms with van der Waals surface area (Å²) in [5, 5.41) is 8.99. The molecule has 1 saturated heterocycles. The largest absolute Gasteiger partial charge is 0.379 e. The van der Waals surface area contributed by atoms with Crippen LogP contribution in [0.2, 0.25) is 0 Å². The molecule has 0 unspecified atom stereocenters. The minimum atomic E-state index is -0.838. The molecule has 0 aromatic heterocycles. The molecule has 1 heterocycles. The van der Waals surface area contributed by atoms with Crippen molar-refractivity contribution in [3.63, 3.8) is 0 Å². The third-order valence-electron chi connectivity index (χ3n) is 11.8. The minimum Gasteiger partial charge on any atom is -0.379 e.